The molecule has 2 aliphatic rings. The van der Waals surface area contributed by atoms with Gasteiger partial charge in [-0.05, 0) is 51.0 Å². The first-order valence-electron chi connectivity index (χ1n) is 12.5. The average Bonchev–Trinajstić information content (AvgIpc) is 3.47. The van der Waals surface area contributed by atoms with Crippen LogP contribution in [0.15, 0.2) is 22.1 Å². The molecule has 5 N–H and O–H groups in total. The van der Waals surface area contributed by atoms with Crippen LogP contribution in [0.2, 0.25) is 0 Å². The van der Waals surface area contributed by atoms with E-state index in [-0.39, 0.29) is 35.5 Å². The number of unbranched alkanes of at least 4 members (excludes halogenated alkanes) is 1. The van der Waals surface area contributed by atoms with Crippen molar-refractivity contribution in [1.82, 2.24) is 29.3 Å². The van der Waals surface area contributed by atoms with Crippen molar-refractivity contribution in [2.45, 2.75) is 76.4 Å². The van der Waals surface area contributed by atoms with E-state index in [1.807, 2.05) is 13.0 Å². The number of rotatable bonds is 9. The van der Waals surface area contributed by atoms with Crippen LogP contribution in [0.1, 0.15) is 64.0 Å². The lowest BCUT2D eigenvalue weighted by Gasteiger charge is -2.29. The summed E-state index contributed by atoms with van der Waals surface area (Å²) in [6.07, 6.45) is 10.0. The minimum atomic E-state index is -3.23. The third kappa shape index (κ3) is 5.78. The van der Waals surface area contributed by atoms with Gasteiger partial charge in [0.15, 0.2) is 11.1 Å². The first kappa shape index (κ1) is 24.5. The zero-order valence-corrected chi connectivity index (χ0v) is 21.0. The third-order valence-corrected chi connectivity index (χ3v) is 8.09. The van der Waals surface area contributed by atoms with E-state index in [9.17, 15) is 18.3 Å². The summed E-state index contributed by atoms with van der Waals surface area (Å²) in [4.78, 5) is 25.9. The van der Waals surface area contributed by atoms with E-state index in [4.69, 9.17) is 9.98 Å². The first-order chi connectivity index (χ1) is 17.3. The molecule has 2 saturated carbocycles. The lowest BCUT2D eigenvalue weighted by Crippen LogP contribution is -2.41. The van der Waals surface area contributed by atoms with Gasteiger partial charge in [-0.1, -0.05) is 13.3 Å². The number of aromatic amines is 2. The Labute approximate surface area is 208 Å². The number of nitrogens with one attached hydrogen (secondary N) is 4. The van der Waals surface area contributed by atoms with Crippen molar-refractivity contribution in [3.63, 3.8) is 0 Å². The minimum absolute atomic E-state index is 0.0343. The molecule has 0 amide bonds. The van der Waals surface area contributed by atoms with Gasteiger partial charge in [-0.2, -0.15) is 9.61 Å². The molecule has 0 aromatic carbocycles. The Kier molecular flexibility index (Phi) is 6.84. The van der Waals surface area contributed by atoms with Gasteiger partial charge >= 0.3 is 5.69 Å². The molecule has 3 heterocycles. The SMILES string of the molecule is CCCCS(=O)(=O)NC1CCC(Nc2cc(=NC3CC3)n3nc/c(=C/c4[nH]c(=O)[nH]c4O)c3n2)CC1. The Bertz CT molecular complexity index is 1510. The highest BCUT2D eigenvalue weighted by atomic mass is 32.2. The number of hydrogen-bond acceptors (Lipinski definition) is 8. The summed E-state index contributed by atoms with van der Waals surface area (Å²) in [7, 11) is -3.23. The largest absolute Gasteiger partial charge is 0.493 e. The lowest BCUT2D eigenvalue weighted by molar-refractivity contribution is 0.386. The van der Waals surface area contributed by atoms with E-state index in [1.54, 1.807) is 16.8 Å². The molecular weight excluding hydrogens is 484 g/mol. The Morgan fingerprint density at radius 1 is 1.19 bits per heavy atom. The number of fused-ring (bicyclic) bond motifs is 1. The number of aromatic nitrogens is 5. The van der Waals surface area contributed by atoms with Crippen LogP contribution in [0.5, 0.6) is 5.88 Å². The molecule has 0 saturated heterocycles. The van der Waals surface area contributed by atoms with Gasteiger partial charge < -0.3 is 15.4 Å². The molecule has 0 radical (unpaired) electrons. The number of hydrogen-bond donors (Lipinski definition) is 5. The van der Waals surface area contributed by atoms with Crippen molar-refractivity contribution in [2.75, 3.05) is 11.1 Å². The van der Waals surface area contributed by atoms with Crippen LogP contribution in [-0.2, 0) is 10.0 Å². The van der Waals surface area contributed by atoms with E-state index in [0.717, 1.165) is 44.9 Å². The van der Waals surface area contributed by atoms with Gasteiger partial charge in [-0.3, -0.25) is 9.98 Å². The normalized spacial score (nSPS) is 21.9. The lowest BCUT2D eigenvalue weighted by atomic mass is 9.92. The molecule has 194 valence electrons. The second-order valence-electron chi connectivity index (χ2n) is 9.66. The second kappa shape index (κ2) is 10.1. The van der Waals surface area contributed by atoms with Gasteiger partial charge in [0.05, 0.1) is 18.0 Å². The number of H-pyrrole nitrogens is 2. The van der Waals surface area contributed by atoms with Crippen molar-refractivity contribution >= 4 is 27.6 Å². The zero-order chi connectivity index (χ0) is 25.3. The summed E-state index contributed by atoms with van der Waals surface area (Å²) < 4.78 is 29.0. The van der Waals surface area contributed by atoms with Crippen LogP contribution in [0.25, 0.3) is 11.7 Å². The fourth-order valence-corrected chi connectivity index (χ4v) is 6.01. The summed E-state index contributed by atoms with van der Waals surface area (Å²) in [5.41, 5.74) is 0.987. The molecule has 3 aromatic rings. The standard InChI is InChI=1S/C23H32N8O4S/c1-2-3-10-36(34,35)30-17-8-6-15(7-9-17)25-19-12-20(26-16-4-5-16)31-21(28-19)14(13-24-31)11-18-22(32)29-23(33)27-18/h11-13,15-17,25,30,32H,2-10H2,1H3,(H2,27,29,33)/b14-11-,26-20?. The van der Waals surface area contributed by atoms with Crippen LogP contribution in [0.3, 0.4) is 0 Å². The molecule has 2 fully saturated rings. The maximum Gasteiger partial charge on any atom is 0.326 e. The molecule has 3 aromatic heterocycles. The smallest absolute Gasteiger partial charge is 0.326 e. The summed E-state index contributed by atoms with van der Waals surface area (Å²) >= 11 is 0. The number of nitrogens with zero attached hydrogens (tertiary/aromatic N) is 4. The van der Waals surface area contributed by atoms with Crippen LogP contribution >= 0.6 is 0 Å². The highest BCUT2D eigenvalue weighted by Gasteiger charge is 2.25. The fraction of sp³-hybridized carbons (Fsp3) is 0.565. The summed E-state index contributed by atoms with van der Waals surface area (Å²) in [6, 6.07) is 2.29. The van der Waals surface area contributed by atoms with Gasteiger partial charge in [0.25, 0.3) is 0 Å². The molecule has 0 bridgehead atoms. The predicted octanol–water partition coefficient (Wildman–Crippen LogP) is 0.505. The number of anilines is 1. The van der Waals surface area contributed by atoms with E-state index < -0.39 is 15.7 Å². The van der Waals surface area contributed by atoms with Crippen molar-refractivity contribution in [3.8, 4) is 5.88 Å². The quantitative estimate of drug-likeness (QED) is 0.276. The highest BCUT2D eigenvalue weighted by Crippen LogP contribution is 2.24. The van der Waals surface area contributed by atoms with Gasteiger partial charge in [0, 0.05) is 23.4 Å². The predicted molar refractivity (Wildman–Crippen MR) is 135 cm³/mol. The van der Waals surface area contributed by atoms with E-state index in [2.05, 4.69) is 25.1 Å². The number of sulfonamides is 1. The zero-order valence-electron chi connectivity index (χ0n) is 20.2. The number of aromatic hydroxyl groups is 1. The molecule has 36 heavy (non-hydrogen) atoms. The topological polar surface area (TPSA) is 170 Å². The summed E-state index contributed by atoms with van der Waals surface area (Å²) in [6.45, 7) is 1.98. The average molecular weight is 517 g/mol. The van der Waals surface area contributed by atoms with E-state index in [1.165, 1.54) is 0 Å². The van der Waals surface area contributed by atoms with Crippen molar-refractivity contribution in [3.05, 3.63) is 39.1 Å². The van der Waals surface area contributed by atoms with Crippen LogP contribution in [0.4, 0.5) is 5.82 Å². The second-order valence-corrected chi connectivity index (χ2v) is 11.5. The van der Waals surface area contributed by atoms with E-state index in [0.29, 0.717) is 28.6 Å². The molecule has 12 nitrogen and oxygen atoms in total. The Balaban J connectivity index is 1.37. The molecule has 2 aliphatic carbocycles. The molecule has 13 heteroatoms. The molecule has 5 rings (SSSR count). The number of imidazole rings is 1. The third-order valence-electron chi connectivity index (χ3n) is 6.57. The highest BCUT2D eigenvalue weighted by molar-refractivity contribution is 7.89. The summed E-state index contributed by atoms with van der Waals surface area (Å²) in [5, 5.41) is 18.5. The minimum Gasteiger partial charge on any atom is -0.493 e. The molecule has 0 aliphatic heterocycles. The summed E-state index contributed by atoms with van der Waals surface area (Å²) in [5.74, 6) is 0.590. The maximum absolute atomic E-state index is 12.2. The van der Waals surface area contributed by atoms with Crippen LogP contribution < -0.4 is 26.4 Å². The maximum atomic E-state index is 12.2. The van der Waals surface area contributed by atoms with Crippen LogP contribution in [0, 0.1) is 0 Å². The van der Waals surface area contributed by atoms with Crippen molar-refractivity contribution in [1.29, 1.82) is 0 Å². The van der Waals surface area contributed by atoms with Gasteiger partial charge in [0.2, 0.25) is 15.9 Å². The van der Waals surface area contributed by atoms with Gasteiger partial charge in [-0.25, -0.2) is 22.9 Å². The molecule has 0 spiro atoms. The van der Waals surface area contributed by atoms with Gasteiger partial charge in [-0.15, -0.1) is 0 Å². The van der Waals surface area contributed by atoms with Crippen molar-refractivity contribution < 1.29 is 13.5 Å². The Morgan fingerprint density at radius 2 is 1.94 bits per heavy atom. The molecule has 0 unspecified atom stereocenters. The van der Waals surface area contributed by atoms with Crippen LogP contribution in [-0.4, -0.2) is 62.0 Å². The van der Waals surface area contributed by atoms with Gasteiger partial charge in [0.1, 0.15) is 11.5 Å². The first-order valence-corrected chi connectivity index (χ1v) is 14.2. The fourth-order valence-electron chi connectivity index (χ4n) is 4.48. The Morgan fingerprint density at radius 3 is 2.61 bits per heavy atom. The molecular formula is C23H32N8O4S. The Hall–Kier alpha value is -3.19. The molecule has 0 atom stereocenters. The van der Waals surface area contributed by atoms with Crippen molar-refractivity contribution in [2.24, 2.45) is 4.99 Å². The monoisotopic (exact) mass is 516 g/mol. The van der Waals surface area contributed by atoms with E-state index >= 15 is 0 Å².